The van der Waals surface area contributed by atoms with Gasteiger partial charge < -0.3 is 10.2 Å². The molecule has 2 amide bonds. The summed E-state index contributed by atoms with van der Waals surface area (Å²) in [7, 11) is 0. The average Bonchev–Trinajstić information content (AvgIpc) is 2.77. The minimum absolute atomic E-state index is 0.0135. The standard InChI is InChI=1S/C24H22FN3O3/c1-16-11-13-27(19-9-7-18(25)8-10-19)23(30)21(16)24(31)28-14-12-26-22(29)20(28)15-17-5-3-2-4-6-17/h2-11,13,20H,12,14-15H2,1H3,(H,26,29)/t20-/m0/s1. The van der Waals surface area contributed by atoms with Gasteiger partial charge >= 0.3 is 0 Å². The molecule has 2 aromatic carbocycles. The summed E-state index contributed by atoms with van der Waals surface area (Å²) < 4.78 is 14.6. The monoisotopic (exact) mass is 419 g/mol. The highest BCUT2D eigenvalue weighted by Gasteiger charge is 2.35. The minimum atomic E-state index is -0.707. The Morgan fingerprint density at radius 3 is 2.48 bits per heavy atom. The predicted octanol–water partition coefficient (Wildman–Crippen LogP) is 2.47. The number of amides is 2. The summed E-state index contributed by atoms with van der Waals surface area (Å²) in [6.07, 6.45) is 1.92. The summed E-state index contributed by atoms with van der Waals surface area (Å²) in [5, 5.41) is 2.81. The molecule has 1 atom stereocenters. The van der Waals surface area contributed by atoms with Gasteiger partial charge in [-0.1, -0.05) is 30.3 Å². The zero-order valence-electron chi connectivity index (χ0n) is 17.0. The van der Waals surface area contributed by atoms with Crippen molar-refractivity contribution in [1.29, 1.82) is 0 Å². The number of carbonyl (C=O) groups is 2. The molecule has 1 fully saturated rings. The summed E-state index contributed by atoms with van der Waals surface area (Å²) >= 11 is 0. The molecule has 0 radical (unpaired) electrons. The highest BCUT2D eigenvalue weighted by Crippen LogP contribution is 2.17. The first-order chi connectivity index (χ1) is 15.0. The third-order valence-corrected chi connectivity index (χ3v) is 5.48. The number of hydrogen-bond acceptors (Lipinski definition) is 3. The van der Waals surface area contributed by atoms with Crippen molar-refractivity contribution in [2.45, 2.75) is 19.4 Å². The highest BCUT2D eigenvalue weighted by atomic mass is 19.1. The number of nitrogens with one attached hydrogen (secondary N) is 1. The molecule has 0 saturated carbocycles. The summed E-state index contributed by atoms with van der Waals surface area (Å²) in [4.78, 5) is 40.8. The second-order valence-electron chi connectivity index (χ2n) is 7.52. The maximum atomic E-state index is 13.5. The van der Waals surface area contributed by atoms with Crippen LogP contribution in [0.25, 0.3) is 5.69 Å². The lowest BCUT2D eigenvalue weighted by atomic mass is 10.0. The maximum Gasteiger partial charge on any atom is 0.268 e. The molecule has 2 heterocycles. The van der Waals surface area contributed by atoms with Gasteiger partial charge in [0.2, 0.25) is 5.91 Å². The van der Waals surface area contributed by atoms with Gasteiger partial charge in [-0.15, -0.1) is 0 Å². The second-order valence-corrected chi connectivity index (χ2v) is 7.52. The van der Waals surface area contributed by atoms with Crippen LogP contribution < -0.4 is 10.9 Å². The van der Waals surface area contributed by atoms with Gasteiger partial charge in [-0.2, -0.15) is 0 Å². The Hall–Kier alpha value is -3.74. The number of rotatable bonds is 4. The van der Waals surface area contributed by atoms with Gasteiger partial charge in [0.25, 0.3) is 11.5 Å². The maximum absolute atomic E-state index is 13.5. The van der Waals surface area contributed by atoms with Gasteiger partial charge in [0.1, 0.15) is 17.4 Å². The first kappa shape index (κ1) is 20.5. The normalized spacial score (nSPS) is 16.1. The molecule has 1 aromatic heterocycles. The van der Waals surface area contributed by atoms with Crippen molar-refractivity contribution >= 4 is 11.8 Å². The Balaban J connectivity index is 1.72. The van der Waals surface area contributed by atoms with E-state index in [0.717, 1.165) is 5.56 Å². The van der Waals surface area contributed by atoms with Crippen LogP contribution in [0, 0.1) is 12.7 Å². The first-order valence-corrected chi connectivity index (χ1v) is 10.1. The molecule has 1 aliphatic rings. The molecule has 7 heteroatoms. The highest BCUT2D eigenvalue weighted by molar-refractivity contribution is 5.99. The third-order valence-electron chi connectivity index (χ3n) is 5.48. The Morgan fingerprint density at radius 1 is 1.06 bits per heavy atom. The van der Waals surface area contributed by atoms with Crippen LogP contribution >= 0.6 is 0 Å². The predicted molar refractivity (Wildman–Crippen MR) is 115 cm³/mol. The number of hydrogen-bond donors (Lipinski definition) is 1. The smallest absolute Gasteiger partial charge is 0.268 e. The number of halogens is 1. The molecule has 31 heavy (non-hydrogen) atoms. The van der Waals surface area contributed by atoms with Gasteiger partial charge in [-0.3, -0.25) is 19.0 Å². The summed E-state index contributed by atoms with van der Waals surface area (Å²) in [5.41, 5.74) is 1.42. The Bertz CT molecular complexity index is 1170. The first-order valence-electron chi connectivity index (χ1n) is 10.1. The minimum Gasteiger partial charge on any atom is -0.353 e. The van der Waals surface area contributed by atoms with Crippen LogP contribution in [0.4, 0.5) is 4.39 Å². The second kappa shape index (κ2) is 8.55. The van der Waals surface area contributed by atoms with Crippen molar-refractivity contribution in [3.8, 4) is 5.69 Å². The Labute approximate surface area is 178 Å². The fraction of sp³-hybridized carbons (Fsp3) is 0.208. The molecule has 158 valence electrons. The number of benzene rings is 2. The molecule has 3 aromatic rings. The van der Waals surface area contributed by atoms with Gasteiger partial charge in [0.05, 0.1) is 0 Å². The summed E-state index contributed by atoms with van der Waals surface area (Å²) in [6, 6.07) is 15.9. The fourth-order valence-corrected chi connectivity index (χ4v) is 3.83. The zero-order valence-corrected chi connectivity index (χ0v) is 17.0. The molecule has 0 aliphatic carbocycles. The quantitative estimate of drug-likeness (QED) is 0.706. The van der Waals surface area contributed by atoms with Crippen molar-refractivity contribution in [3.05, 3.63) is 99.7 Å². The van der Waals surface area contributed by atoms with E-state index in [4.69, 9.17) is 0 Å². The van der Waals surface area contributed by atoms with E-state index < -0.39 is 23.3 Å². The molecule has 1 aliphatic heterocycles. The van der Waals surface area contributed by atoms with E-state index in [1.54, 1.807) is 19.2 Å². The van der Waals surface area contributed by atoms with Crippen LogP contribution in [0.1, 0.15) is 21.5 Å². The van der Waals surface area contributed by atoms with E-state index in [1.165, 1.54) is 33.7 Å². The van der Waals surface area contributed by atoms with E-state index in [2.05, 4.69) is 5.32 Å². The number of aryl methyl sites for hydroxylation is 1. The van der Waals surface area contributed by atoms with Crippen LogP contribution in [-0.2, 0) is 11.2 Å². The van der Waals surface area contributed by atoms with Gasteiger partial charge in [0.15, 0.2) is 0 Å². The Morgan fingerprint density at radius 2 is 1.77 bits per heavy atom. The summed E-state index contributed by atoms with van der Waals surface area (Å²) in [6.45, 7) is 2.33. The lowest BCUT2D eigenvalue weighted by Crippen LogP contribution is -2.58. The molecule has 1 N–H and O–H groups in total. The number of piperazine rings is 1. The van der Waals surface area contributed by atoms with Crippen molar-refractivity contribution in [2.75, 3.05) is 13.1 Å². The van der Waals surface area contributed by atoms with Gasteiger partial charge in [0, 0.05) is 31.4 Å². The van der Waals surface area contributed by atoms with Crippen LogP contribution in [0.3, 0.4) is 0 Å². The van der Waals surface area contributed by atoms with Gasteiger partial charge in [-0.25, -0.2) is 4.39 Å². The molecular formula is C24H22FN3O3. The van der Waals surface area contributed by atoms with E-state index in [9.17, 15) is 18.8 Å². The molecule has 0 unspecified atom stereocenters. The largest absolute Gasteiger partial charge is 0.353 e. The number of pyridine rings is 1. The van der Waals surface area contributed by atoms with Crippen LogP contribution in [0.15, 0.2) is 71.7 Å². The lowest BCUT2D eigenvalue weighted by molar-refractivity contribution is -0.127. The molecule has 6 nitrogen and oxygen atoms in total. The lowest BCUT2D eigenvalue weighted by Gasteiger charge is -2.35. The fourth-order valence-electron chi connectivity index (χ4n) is 3.83. The average molecular weight is 419 g/mol. The van der Waals surface area contributed by atoms with E-state index in [1.807, 2.05) is 30.3 Å². The van der Waals surface area contributed by atoms with E-state index >= 15 is 0 Å². The third kappa shape index (κ3) is 4.12. The zero-order chi connectivity index (χ0) is 22.0. The van der Waals surface area contributed by atoms with Crippen LogP contribution in [0.5, 0.6) is 0 Å². The SMILES string of the molecule is Cc1ccn(-c2ccc(F)cc2)c(=O)c1C(=O)N1CCNC(=O)[C@@H]1Cc1ccccc1. The molecule has 0 spiro atoms. The topological polar surface area (TPSA) is 71.4 Å². The Kier molecular flexibility index (Phi) is 5.66. The molecule has 1 saturated heterocycles. The van der Waals surface area contributed by atoms with Gasteiger partial charge in [-0.05, 0) is 48.4 Å². The van der Waals surface area contributed by atoms with E-state index in [-0.39, 0.29) is 11.5 Å². The number of nitrogens with zero attached hydrogens (tertiary/aromatic N) is 2. The molecular weight excluding hydrogens is 397 g/mol. The van der Waals surface area contributed by atoms with Crippen molar-refractivity contribution in [3.63, 3.8) is 0 Å². The van der Waals surface area contributed by atoms with Crippen molar-refractivity contribution < 1.29 is 14.0 Å². The van der Waals surface area contributed by atoms with E-state index in [0.29, 0.717) is 30.8 Å². The number of aromatic nitrogens is 1. The van der Waals surface area contributed by atoms with Crippen LogP contribution in [0.2, 0.25) is 0 Å². The molecule has 0 bridgehead atoms. The van der Waals surface area contributed by atoms with Crippen molar-refractivity contribution in [2.24, 2.45) is 0 Å². The summed E-state index contributed by atoms with van der Waals surface area (Å²) in [5.74, 6) is -1.13. The van der Waals surface area contributed by atoms with Crippen molar-refractivity contribution in [1.82, 2.24) is 14.8 Å². The number of carbonyl (C=O) groups excluding carboxylic acids is 2. The molecule has 4 rings (SSSR count). The van der Waals surface area contributed by atoms with Crippen LogP contribution in [-0.4, -0.2) is 40.4 Å².